The molecule has 1 aliphatic rings. The molecule has 0 radical (unpaired) electrons. The van der Waals surface area contributed by atoms with Gasteiger partial charge in [0.05, 0.1) is 33.8 Å². The predicted molar refractivity (Wildman–Crippen MR) is 170 cm³/mol. The van der Waals surface area contributed by atoms with E-state index in [4.69, 9.17) is 21.6 Å². The highest BCUT2D eigenvalue weighted by Crippen LogP contribution is 2.37. The van der Waals surface area contributed by atoms with Crippen LogP contribution in [0.25, 0.3) is 39.1 Å². The van der Waals surface area contributed by atoms with Gasteiger partial charge in [-0.3, -0.25) is 4.79 Å². The number of carbonyl (C=O) groups is 1. The summed E-state index contributed by atoms with van der Waals surface area (Å²) in [6.07, 6.45) is 2.99. The molecule has 0 aliphatic carbocycles. The minimum Gasteiger partial charge on any atom is -0.350 e. The summed E-state index contributed by atoms with van der Waals surface area (Å²) in [5.41, 5.74) is 3.40. The topological polar surface area (TPSA) is 102 Å². The minimum atomic E-state index is -0.569. The fourth-order valence-corrected chi connectivity index (χ4v) is 6.20. The SMILES string of the molecule is C=CC(=O)N1CCN(c2nc(=O)n(-c3c(C(C)C)nc4c(ncn4C)c3C)c3nc(-c4ccccc4F)c(Cl)cc23)[C@@H](C)C1. The summed E-state index contributed by atoms with van der Waals surface area (Å²) in [6, 6.07) is 7.75. The normalized spacial score (nSPS) is 15.5. The Kier molecular flexibility index (Phi) is 7.44. The number of pyridine rings is 2. The monoisotopic (exact) mass is 614 g/mol. The van der Waals surface area contributed by atoms with Gasteiger partial charge < -0.3 is 14.4 Å². The van der Waals surface area contributed by atoms with E-state index < -0.39 is 11.5 Å². The average molecular weight is 615 g/mol. The first-order valence-corrected chi connectivity index (χ1v) is 14.8. The standard InChI is InChI=1S/C32H32ClFN8O2/c1-7-24(43)40-12-13-41(18(4)15-40)29-21-14-22(33)27(20-10-8-9-11-23(20)34)37-30(21)42(32(44)38-29)28-19(5)26-31(39(6)16-35-26)36-25(28)17(2)3/h7-11,14,16-18H,1,12-13,15H2,2-6H3/t18-/m0/s1. The maximum atomic E-state index is 15.1. The van der Waals surface area contributed by atoms with E-state index in [1.165, 1.54) is 16.7 Å². The van der Waals surface area contributed by atoms with Crippen molar-refractivity contribution < 1.29 is 9.18 Å². The molecule has 4 aromatic heterocycles. The molecule has 6 rings (SSSR count). The number of nitrogens with zero attached hydrogens (tertiary/aromatic N) is 8. The highest BCUT2D eigenvalue weighted by molar-refractivity contribution is 6.33. The van der Waals surface area contributed by atoms with Crippen LogP contribution in [-0.2, 0) is 11.8 Å². The largest absolute Gasteiger partial charge is 0.355 e. The molecule has 1 atom stereocenters. The molecule has 1 saturated heterocycles. The van der Waals surface area contributed by atoms with Crippen LogP contribution in [-0.4, -0.2) is 65.6 Å². The van der Waals surface area contributed by atoms with Crippen molar-refractivity contribution in [3.05, 3.63) is 81.9 Å². The van der Waals surface area contributed by atoms with Crippen molar-refractivity contribution >= 4 is 45.5 Å². The van der Waals surface area contributed by atoms with Gasteiger partial charge in [-0.2, -0.15) is 4.98 Å². The number of amides is 1. The number of rotatable bonds is 5. The quantitative estimate of drug-likeness (QED) is 0.252. The van der Waals surface area contributed by atoms with Gasteiger partial charge in [-0.15, -0.1) is 0 Å². The van der Waals surface area contributed by atoms with Crippen molar-refractivity contribution in [2.45, 2.75) is 39.7 Å². The lowest BCUT2D eigenvalue weighted by Crippen LogP contribution is -2.54. The van der Waals surface area contributed by atoms with Crippen LogP contribution >= 0.6 is 11.6 Å². The second kappa shape index (κ2) is 11.1. The Hall–Kier alpha value is -4.64. The fraction of sp³-hybridized carbons (Fsp3) is 0.312. The molecule has 0 bridgehead atoms. The summed E-state index contributed by atoms with van der Waals surface area (Å²) in [5.74, 6) is -0.322. The Bertz CT molecular complexity index is 2040. The molecule has 0 N–H and O–H groups in total. The molecule has 12 heteroatoms. The number of hydrogen-bond acceptors (Lipinski definition) is 7. The van der Waals surface area contributed by atoms with Crippen LogP contribution in [0.15, 0.2) is 54.1 Å². The highest BCUT2D eigenvalue weighted by Gasteiger charge is 2.31. The lowest BCUT2D eigenvalue weighted by atomic mass is 10.0. The number of aryl methyl sites for hydroxylation is 2. The fourth-order valence-electron chi connectivity index (χ4n) is 5.95. The summed E-state index contributed by atoms with van der Waals surface area (Å²) >= 11 is 6.82. The number of aromatic nitrogens is 6. The number of imidazole rings is 1. The number of hydrogen-bond donors (Lipinski definition) is 0. The molecular weight excluding hydrogens is 583 g/mol. The van der Waals surface area contributed by atoms with Gasteiger partial charge in [-0.25, -0.2) is 28.7 Å². The second-order valence-electron chi connectivity index (χ2n) is 11.4. The van der Waals surface area contributed by atoms with Crippen molar-refractivity contribution in [1.29, 1.82) is 0 Å². The molecule has 226 valence electrons. The van der Waals surface area contributed by atoms with E-state index in [1.807, 2.05) is 44.2 Å². The first kappa shape index (κ1) is 29.4. The smallest absolute Gasteiger partial charge is 0.350 e. The van der Waals surface area contributed by atoms with Gasteiger partial charge in [0.15, 0.2) is 11.3 Å². The zero-order valence-corrected chi connectivity index (χ0v) is 25.9. The third kappa shape index (κ3) is 4.71. The molecule has 5 heterocycles. The molecule has 1 amide bonds. The van der Waals surface area contributed by atoms with Gasteiger partial charge >= 0.3 is 5.69 Å². The zero-order valence-electron chi connectivity index (χ0n) is 25.2. The van der Waals surface area contributed by atoms with Crippen molar-refractivity contribution in [1.82, 2.24) is 34.0 Å². The summed E-state index contributed by atoms with van der Waals surface area (Å²) < 4.78 is 18.4. The number of piperazine rings is 1. The van der Waals surface area contributed by atoms with Crippen molar-refractivity contribution in [2.24, 2.45) is 7.05 Å². The van der Waals surface area contributed by atoms with Crippen LogP contribution in [0, 0.1) is 12.7 Å². The number of anilines is 1. The van der Waals surface area contributed by atoms with E-state index in [1.54, 1.807) is 35.5 Å². The van der Waals surface area contributed by atoms with Crippen LogP contribution in [0.1, 0.15) is 37.9 Å². The first-order valence-electron chi connectivity index (χ1n) is 14.4. The summed E-state index contributed by atoms with van der Waals surface area (Å²) in [7, 11) is 1.87. The van der Waals surface area contributed by atoms with Crippen LogP contribution in [0.3, 0.4) is 0 Å². The second-order valence-corrected chi connectivity index (χ2v) is 11.8. The van der Waals surface area contributed by atoms with E-state index in [0.717, 1.165) is 5.56 Å². The van der Waals surface area contributed by atoms with E-state index in [-0.39, 0.29) is 39.8 Å². The highest BCUT2D eigenvalue weighted by atomic mass is 35.5. The van der Waals surface area contributed by atoms with Crippen molar-refractivity contribution in [3.8, 4) is 16.9 Å². The summed E-state index contributed by atoms with van der Waals surface area (Å²) in [5, 5.41) is 0.725. The van der Waals surface area contributed by atoms with E-state index in [0.29, 0.717) is 53.4 Å². The Balaban J connectivity index is 1.68. The molecule has 1 aromatic carbocycles. The van der Waals surface area contributed by atoms with E-state index in [9.17, 15) is 9.59 Å². The molecule has 0 unspecified atom stereocenters. The summed E-state index contributed by atoms with van der Waals surface area (Å²) in [4.78, 5) is 49.3. The van der Waals surface area contributed by atoms with Crippen LogP contribution in [0.5, 0.6) is 0 Å². The number of fused-ring (bicyclic) bond motifs is 2. The first-order chi connectivity index (χ1) is 21.0. The predicted octanol–water partition coefficient (Wildman–Crippen LogP) is 5.18. The molecule has 1 fully saturated rings. The molecule has 10 nitrogen and oxygen atoms in total. The Morgan fingerprint density at radius 2 is 1.91 bits per heavy atom. The van der Waals surface area contributed by atoms with Gasteiger partial charge in [0, 0.05) is 43.9 Å². The Morgan fingerprint density at radius 3 is 2.59 bits per heavy atom. The molecule has 0 saturated carbocycles. The molecule has 0 spiro atoms. The van der Waals surface area contributed by atoms with Crippen LogP contribution < -0.4 is 10.6 Å². The van der Waals surface area contributed by atoms with Gasteiger partial charge in [0.25, 0.3) is 0 Å². The van der Waals surface area contributed by atoms with Crippen LogP contribution in [0.4, 0.5) is 10.2 Å². The zero-order chi connectivity index (χ0) is 31.4. The van der Waals surface area contributed by atoms with Gasteiger partial charge in [0.1, 0.15) is 17.2 Å². The lowest BCUT2D eigenvalue weighted by Gasteiger charge is -2.40. The van der Waals surface area contributed by atoms with Crippen molar-refractivity contribution in [3.63, 3.8) is 0 Å². The number of halogens is 2. The average Bonchev–Trinajstić information content (AvgIpc) is 3.37. The van der Waals surface area contributed by atoms with Gasteiger partial charge in [0.2, 0.25) is 5.91 Å². The summed E-state index contributed by atoms with van der Waals surface area (Å²) in [6.45, 7) is 12.7. The number of carbonyl (C=O) groups excluding carboxylic acids is 1. The third-order valence-corrected chi connectivity index (χ3v) is 8.46. The van der Waals surface area contributed by atoms with Crippen LogP contribution in [0.2, 0.25) is 5.02 Å². The Labute approximate surface area is 258 Å². The van der Waals surface area contributed by atoms with Gasteiger partial charge in [-0.1, -0.05) is 44.2 Å². The Morgan fingerprint density at radius 1 is 1.16 bits per heavy atom. The lowest BCUT2D eigenvalue weighted by molar-refractivity contribution is -0.126. The van der Waals surface area contributed by atoms with E-state index >= 15 is 4.39 Å². The molecule has 1 aliphatic heterocycles. The van der Waals surface area contributed by atoms with Crippen molar-refractivity contribution in [2.75, 3.05) is 24.5 Å². The molecule has 5 aromatic rings. The number of benzene rings is 1. The molecule has 44 heavy (non-hydrogen) atoms. The van der Waals surface area contributed by atoms with E-state index in [2.05, 4.69) is 16.5 Å². The molecular formula is C32H32ClFN8O2. The maximum Gasteiger partial charge on any atom is 0.355 e. The maximum absolute atomic E-state index is 15.1. The third-order valence-electron chi connectivity index (χ3n) is 8.17. The minimum absolute atomic E-state index is 0.0709. The van der Waals surface area contributed by atoms with Gasteiger partial charge in [-0.05, 0) is 44.0 Å².